The van der Waals surface area contributed by atoms with Gasteiger partial charge >= 0.3 is 0 Å². The van der Waals surface area contributed by atoms with Gasteiger partial charge in [-0.2, -0.15) is 0 Å². The molecule has 0 fully saturated rings. The van der Waals surface area contributed by atoms with Gasteiger partial charge in [0, 0.05) is 19.5 Å². The second-order valence-corrected chi connectivity index (χ2v) is 7.81. The largest absolute Gasteiger partial charge is 0.470 e. The van der Waals surface area contributed by atoms with Crippen LogP contribution in [0, 0.1) is 12.7 Å². The normalized spacial score (nSPS) is 19.2. The van der Waals surface area contributed by atoms with Crippen LogP contribution in [0.1, 0.15) is 47.2 Å². The van der Waals surface area contributed by atoms with Crippen molar-refractivity contribution in [2.24, 2.45) is 0 Å². The van der Waals surface area contributed by atoms with Crippen molar-refractivity contribution < 1.29 is 13.9 Å². The molecule has 0 radical (unpaired) electrons. The van der Waals surface area contributed by atoms with E-state index in [2.05, 4.69) is 16.3 Å². The SMILES string of the molecule is Cc1cccc2c1O[C@H](CCCCN1CC=C(c3ccc(F)cc3)CC1)NC2=O. The van der Waals surface area contributed by atoms with E-state index in [9.17, 15) is 9.18 Å². The van der Waals surface area contributed by atoms with Crippen LogP contribution < -0.4 is 10.1 Å². The average Bonchev–Trinajstić information content (AvgIpc) is 2.73. The molecule has 1 N–H and O–H groups in total. The number of hydrogen-bond donors (Lipinski definition) is 1. The Balaban J connectivity index is 1.21. The first kappa shape index (κ1) is 19.6. The number of rotatable bonds is 6. The molecule has 0 bridgehead atoms. The van der Waals surface area contributed by atoms with E-state index in [1.807, 2.05) is 31.2 Å². The van der Waals surface area contributed by atoms with Crippen LogP contribution in [0.15, 0.2) is 48.5 Å². The van der Waals surface area contributed by atoms with E-state index >= 15 is 0 Å². The predicted octanol–water partition coefficient (Wildman–Crippen LogP) is 4.54. The van der Waals surface area contributed by atoms with E-state index in [1.165, 1.54) is 17.7 Å². The van der Waals surface area contributed by atoms with E-state index in [0.29, 0.717) is 5.56 Å². The first-order valence-electron chi connectivity index (χ1n) is 10.3. The van der Waals surface area contributed by atoms with Crippen molar-refractivity contribution in [2.45, 2.75) is 38.8 Å². The van der Waals surface area contributed by atoms with Crippen LogP contribution in [0.2, 0.25) is 0 Å². The fourth-order valence-corrected chi connectivity index (χ4v) is 4.02. The zero-order chi connectivity index (χ0) is 20.2. The smallest absolute Gasteiger partial charge is 0.257 e. The summed E-state index contributed by atoms with van der Waals surface area (Å²) in [4.78, 5) is 14.7. The van der Waals surface area contributed by atoms with Crippen molar-refractivity contribution in [3.05, 3.63) is 71.0 Å². The maximum atomic E-state index is 13.1. The molecule has 0 spiro atoms. The lowest BCUT2D eigenvalue weighted by molar-refractivity contribution is 0.0730. The van der Waals surface area contributed by atoms with Crippen LogP contribution in [-0.4, -0.2) is 36.7 Å². The molecule has 2 aromatic rings. The minimum Gasteiger partial charge on any atom is -0.470 e. The number of hydrogen-bond acceptors (Lipinski definition) is 3. The molecular weight excluding hydrogens is 367 g/mol. The minimum atomic E-state index is -0.248. The lowest BCUT2D eigenvalue weighted by Gasteiger charge is -2.29. The zero-order valence-corrected chi connectivity index (χ0v) is 16.8. The Labute approximate surface area is 171 Å². The lowest BCUT2D eigenvalue weighted by atomic mass is 9.99. The summed E-state index contributed by atoms with van der Waals surface area (Å²) in [6, 6.07) is 12.4. The fraction of sp³-hybridized carbons (Fsp3) is 0.375. The van der Waals surface area contributed by atoms with E-state index in [0.717, 1.165) is 62.2 Å². The number of ether oxygens (including phenoxy) is 1. The Hall–Kier alpha value is -2.66. The average molecular weight is 394 g/mol. The molecular formula is C24H27FN2O2. The van der Waals surface area contributed by atoms with E-state index in [4.69, 9.17) is 4.74 Å². The number of benzene rings is 2. The van der Waals surface area contributed by atoms with Crippen molar-refractivity contribution in [3.63, 3.8) is 0 Å². The van der Waals surface area contributed by atoms with Crippen molar-refractivity contribution in [2.75, 3.05) is 19.6 Å². The number of aryl methyl sites for hydroxylation is 1. The number of nitrogens with zero attached hydrogens (tertiary/aromatic N) is 1. The molecule has 4 nitrogen and oxygen atoms in total. The summed E-state index contributed by atoms with van der Waals surface area (Å²) in [5.41, 5.74) is 4.04. The Bertz CT molecular complexity index is 908. The van der Waals surface area contributed by atoms with Crippen LogP contribution in [0.25, 0.3) is 5.57 Å². The van der Waals surface area contributed by atoms with Gasteiger partial charge in [0.15, 0.2) is 6.23 Å². The third-order valence-corrected chi connectivity index (χ3v) is 5.71. The quantitative estimate of drug-likeness (QED) is 0.732. The highest BCUT2D eigenvalue weighted by atomic mass is 19.1. The zero-order valence-electron chi connectivity index (χ0n) is 16.8. The van der Waals surface area contributed by atoms with Crippen LogP contribution in [-0.2, 0) is 0 Å². The van der Waals surface area contributed by atoms with E-state index in [1.54, 1.807) is 6.07 Å². The Morgan fingerprint density at radius 2 is 2.00 bits per heavy atom. The fourth-order valence-electron chi connectivity index (χ4n) is 4.02. The van der Waals surface area contributed by atoms with Crippen LogP contribution >= 0.6 is 0 Å². The van der Waals surface area contributed by atoms with Gasteiger partial charge in [-0.05, 0) is 67.6 Å². The Morgan fingerprint density at radius 3 is 2.76 bits per heavy atom. The summed E-state index contributed by atoms with van der Waals surface area (Å²) in [6.45, 7) is 4.95. The predicted molar refractivity (Wildman–Crippen MR) is 112 cm³/mol. The number of unbranched alkanes of at least 4 members (excludes halogenated alkanes) is 1. The third kappa shape index (κ3) is 4.67. The number of halogens is 1. The molecule has 152 valence electrons. The topological polar surface area (TPSA) is 41.6 Å². The molecule has 2 aromatic carbocycles. The molecule has 2 aliphatic rings. The van der Waals surface area contributed by atoms with Gasteiger partial charge < -0.3 is 10.1 Å². The highest BCUT2D eigenvalue weighted by Gasteiger charge is 2.26. The molecule has 5 heteroatoms. The third-order valence-electron chi connectivity index (χ3n) is 5.71. The van der Waals surface area contributed by atoms with Crippen LogP contribution in [0.3, 0.4) is 0 Å². The summed E-state index contributed by atoms with van der Waals surface area (Å²) < 4.78 is 19.1. The van der Waals surface area contributed by atoms with E-state index < -0.39 is 0 Å². The Morgan fingerprint density at radius 1 is 1.17 bits per heavy atom. The van der Waals surface area contributed by atoms with Gasteiger partial charge in [-0.3, -0.25) is 9.69 Å². The van der Waals surface area contributed by atoms with Gasteiger partial charge in [-0.1, -0.05) is 30.3 Å². The summed E-state index contributed by atoms with van der Waals surface area (Å²) >= 11 is 0. The molecule has 4 rings (SSSR count). The number of nitrogens with one attached hydrogen (secondary N) is 1. The van der Waals surface area contributed by atoms with Crippen molar-refractivity contribution in [1.29, 1.82) is 0 Å². The lowest BCUT2D eigenvalue weighted by Crippen LogP contribution is -2.43. The maximum Gasteiger partial charge on any atom is 0.257 e. The monoisotopic (exact) mass is 394 g/mol. The molecule has 0 aromatic heterocycles. The minimum absolute atomic E-state index is 0.0468. The van der Waals surface area contributed by atoms with Crippen LogP contribution in [0.4, 0.5) is 4.39 Å². The van der Waals surface area contributed by atoms with Gasteiger partial charge in [0.1, 0.15) is 11.6 Å². The van der Waals surface area contributed by atoms with Gasteiger partial charge in [-0.25, -0.2) is 4.39 Å². The summed E-state index contributed by atoms with van der Waals surface area (Å²) in [7, 11) is 0. The molecule has 0 aliphatic carbocycles. The maximum absolute atomic E-state index is 13.1. The number of carbonyl (C=O) groups is 1. The van der Waals surface area contributed by atoms with Gasteiger partial charge in [0.05, 0.1) is 5.56 Å². The number of fused-ring (bicyclic) bond motifs is 1. The summed E-state index contributed by atoms with van der Waals surface area (Å²) in [6.07, 6.45) is 5.87. The summed E-state index contributed by atoms with van der Waals surface area (Å²) in [5.74, 6) is 0.480. The van der Waals surface area contributed by atoms with Crippen molar-refractivity contribution in [1.82, 2.24) is 10.2 Å². The Kier molecular flexibility index (Phi) is 5.95. The second-order valence-electron chi connectivity index (χ2n) is 7.81. The number of carbonyl (C=O) groups excluding carboxylic acids is 1. The van der Waals surface area contributed by atoms with Crippen molar-refractivity contribution in [3.8, 4) is 5.75 Å². The highest BCUT2D eigenvalue weighted by molar-refractivity contribution is 5.98. The van der Waals surface area contributed by atoms with Crippen molar-refractivity contribution >= 4 is 11.5 Å². The second kappa shape index (κ2) is 8.78. The van der Waals surface area contributed by atoms with Gasteiger partial charge in [-0.15, -0.1) is 0 Å². The van der Waals surface area contributed by atoms with E-state index in [-0.39, 0.29) is 18.0 Å². The molecule has 1 atom stereocenters. The van der Waals surface area contributed by atoms with Gasteiger partial charge in [0.2, 0.25) is 0 Å². The molecule has 2 aliphatic heterocycles. The first-order chi connectivity index (χ1) is 14.1. The highest BCUT2D eigenvalue weighted by Crippen LogP contribution is 2.28. The molecule has 0 saturated heterocycles. The molecule has 1 amide bonds. The summed E-state index contributed by atoms with van der Waals surface area (Å²) in [5, 5.41) is 2.96. The number of para-hydroxylation sites is 1. The molecule has 29 heavy (non-hydrogen) atoms. The molecule has 2 heterocycles. The molecule has 0 saturated carbocycles. The number of amides is 1. The standard InChI is InChI=1S/C24H27FN2O2/c1-17-5-4-6-21-23(17)29-22(26-24(21)28)7-2-3-14-27-15-12-19(13-16-27)18-8-10-20(25)11-9-18/h4-6,8-12,22H,2-3,7,13-16H2,1H3,(H,26,28)/t22-/m1/s1. The molecule has 0 unspecified atom stereocenters. The van der Waals surface area contributed by atoms with Gasteiger partial charge in [0.25, 0.3) is 5.91 Å². The van der Waals surface area contributed by atoms with Crippen LogP contribution in [0.5, 0.6) is 5.75 Å². The first-order valence-corrected chi connectivity index (χ1v) is 10.3.